The Morgan fingerprint density at radius 3 is 1.01 bits per heavy atom. The average molecular weight is 1810 g/mol. The number of carbonyl (C=O) groups is 7. The van der Waals surface area contributed by atoms with E-state index in [1.54, 1.807) is 115 Å². The fourth-order valence-electron chi connectivity index (χ4n) is 16.1. The highest BCUT2D eigenvalue weighted by atomic mass is 32.2. The lowest BCUT2D eigenvalue weighted by Gasteiger charge is -2.37. The molecule has 0 bridgehead atoms. The van der Waals surface area contributed by atoms with Crippen molar-refractivity contribution in [2.24, 2.45) is 57.5 Å². The molecule has 9 aliphatic rings. The van der Waals surface area contributed by atoms with E-state index in [4.69, 9.17) is 33.9 Å². The summed E-state index contributed by atoms with van der Waals surface area (Å²) in [5, 5.41) is 27.1. The molecule has 5 aromatic carbocycles. The van der Waals surface area contributed by atoms with E-state index in [0.717, 1.165) is 166 Å². The van der Waals surface area contributed by atoms with Crippen molar-refractivity contribution < 1.29 is 57.6 Å². The molecule has 4 unspecified atom stereocenters. The van der Waals surface area contributed by atoms with Crippen LogP contribution in [0, 0.1) is 32.5 Å². The monoisotopic (exact) mass is 1800 g/mol. The minimum atomic E-state index is -1.01. The first kappa shape index (κ1) is 101. The summed E-state index contributed by atoms with van der Waals surface area (Å²) < 4.78 is 20.7. The molecule has 0 fully saturated rings. The Labute approximate surface area is 769 Å². The van der Waals surface area contributed by atoms with Gasteiger partial charge in [-0.25, -0.2) is 4.79 Å². The Balaban J connectivity index is 0.000000180. The zero-order valence-corrected chi connectivity index (χ0v) is 80.7. The summed E-state index contributed by atoms with van der Waals surface area (Å²) in [5.74, 6) is 5.62. The number of thioether (sulfide) groups is 4. The number of anilines is 5. The van der Waals surface area contributed by atoms with Crippen LogP contribution in [0.5, 0.6) is 23.0 Å². The van der Waals surface area contributed by atoms with Gasteiger partial charge in [-0.05, 0) is 253 Å². The summed E-state index contributed by atoms with van der Waals surface area (Å²) in [7, 11) is 6.51. The Morgan fingerprint density at radius 2 is 0.709 bits per heavy atom. The number of hydrogen-bond donors (Lipinski definition) is 6. The predicted molar refractivity (Wildman–Crippen MR) is 530 cm³/mol. The number of methoxy groups -OCH3 is 4. The number of carbonyl (C=O) groups excluding carboxylic acids is 6. The highest BCUT2D eigenvalue weighted by molar-refractivity contribution is 8.05. The van der Waals surface area contributed by atoms with Gasteiger partial charge >= 0.3 is 5.97 Å². The maximum Gasteiger partial charge on any atom is 0.337 e. The predicted octanol–water partition coefficient (Wildman–Crippen LogP) is 22.9. The summed E-state index contributed by atoms with van der Waals surface area (Å²) in [4.78, 5) is 110. The van der Waals surface area contributed by atoms with Gasteiger partial charge in [0.05, 0.1) is 69.1 Å². The second-order valence-electron chi connectivity index (χ2n) is 38.8. The van der Waals surface area contributed by atoms with Crippen LogP contribution in [0.4, 0.5) is 28.4 Å². The summed E-state index contributed by atoms with van der Waals surface area (Å²) in [5.41, 5.74) is 16.8. The fraction of sp³-hybridized carbons (Fsp3) is 0.485. The highest BCUT2D eigenvalue weighted by Crippen LogP contribution is 2.49. The number of aromatic carboxylic acids is 1. The molecule has 5 aliphatic carbocycles. The van der Waals surface area contributed by atoms with Gasteiger partial charge in [-0.1, -0.05) is 97.4 Å². The Morgan fingerprint density at radius 1 is 0.409 bits per heavy atom. The second kappa shape index (κ2) is 43.6. The van der Waals surface area contributed by atoms with Crippen molar-refractivity contribution in [2.45, 2.75) is 227 Å². The standard InChI is InChI=1S/C24H32N2O2S.C20H24N2O4S.2C19H24N2O2S.C18H24N2O2.CH4/c1-15(27)20-14-29-22-18(11-24(5,6)12-19(22)26-20)25-17-9-7-16(8-10-17)21(28)13-23(2,3)4;1-11(23)17-10-27-18-15(8-20(2,3)9-16(18)22-17)21-14-6-5-12(26-4)7-13(14)19(24)25;2*1-12(22)17-11-24-18-15(9-19(2,3)10-16(18)21-17)20-13-5-7-14(23-4)8-6-13;1-13(21)12-19-15-9-16(11-18(2,3)10-15)20-14-5-7-17(22-4)8-6-14;/h7-10,20,25H,11-14H2,1-6H3;5-7,17,21H,8-10H2,1-4H3,(H,24,25);2*5-8,17,20H,9-11H2,1-4H3;5-9,20H,10-12H2,1-4H3;1H4. The van der Waals surface area contributed by atoms with E-state index in [1.165, 1.54) is 45.0 Å². The van der Waals surface area contributed by atoms with Crippen LogP contribution in [0.25, 0.3) is 0 Å². The van der Waals surface area contributed by atoms with Gasteiger partial charge < -0.3 is 50.6 Å². The molecule has 0 radical (unpaired) electrons. The maximum absolute atomic E-state index is 12.4. The highest BCUT2D eigenvalue weighted by Gasteiger charge is 2.41. The van der Waals surface area contributed by atoms with Crippen molar-refractivity contribution in [1.82, 2.24) is 0 Å². The van der Waals surface area contributed by atoms with Gasteiger partial charge in [0, 0.05) is 112 Å². The molecule has 0 saturated carbocycles. The van der Waals surface area contributed by atoms with Gasteiger partial charge in [0.2, 0.25) is 0 Å². The number of carboxylic acids is 1. The van der Waals surface area contributed by atoms with Crippen LogP contribution in [0.15, 0.2) is 194 Å². The number of benzene rings is 5. The SMILES string of the molecule is C.CC(=O)C1CSC2=C(Nc3ccc(C(=O)CC(C)(C)C)cc3)CC(C)(C)CC2=N1.COc1ccc(NC2=C3SCC(C(C)=O)N=C3CC(C)(C)C2)c(C(=O)O)c1.COc1ccc(NC2=C3SCC(C(C)=O)N=C3CC(C)(C)C2)cc1.COc1ccc(NC2=C3SCC(C(C)=O)N=C3CC(C)(C)C2)cc1.COc1ccc(NC2=CC(=NCC(C)=O)CC(C)(C)C2)cc1. The first-order valence-corrected chi connectivity index (χ1v) is 47.0. The minimum Gasteiger partial charge on any atom is -0.497 e. The zero-order chi connectivity index (χ0) is 92.0. The first-order valence-electron chi connectivity index (χ1n) is 43.1. The quantitative estimate of drug-likeness (QED) is 0.0331. The van der Waals surface area contributed by atoms with Crippen molar-refractivity contribution in [3.05, 3.63) is 181 Å². The second-order valence-corrected chi connectivity index (χ2v) is 42.9. The van der Waals surface area contributed by atoms with Crippen molar-refractivity contribution in [1.29, 1.82) is 0 Å². The van der Waals surface area contributed by atoms with E-state index in [1.807, 2.05) is 97.1 Å². The van der Waals surface area contributed by atoms with Crippen molar-refractivity contribution in [2.75, 3.05) is 84.6 Å². The molecule has 5 aromatic rings. The number of rotatable bonds is 23. The number of ketones is 6. The molecule has 0 aromatic heterocycles. The molecular formula is C101H132N10O12S4. The number of Topliss-reactive ketones (excluding diaryl/α,β-unsaturated/α-hetero) is 6. The van der Waals surface area contributed by atoms with Crippen molar-refractivity contribution in [3.8, 4) is 23.0 Å². The number of fused-ring (bicyclic) bond motifs is 4. The van der Waals surface area contributed by atoms with E-state index >= 15 is 0 Å². The molecule has 682 valence electrons. The van der Waals surface area contributed by atoms with Crippen LogP contribution in [-0.4, -0.2) is 156 Å². The first-order chi connectivity index (χ1) is 59.3. The number of nitrogens with zero attached hydrogens (tertiary/aromatic N) is 5. The Bertz CT molecular complexity index is 5110. The molecule has 14 rings (SSSR count). The van der Waals surface area contributed by atoms with Crippen LogP contribution in [-0.2, 0) is 24.0 Å². The number of carboxylic acid groups (broad SMARTS) is 1. The number of hydrogen-bond acceptors (Lipinski definition) is 25. The fourth-order valence-corrected chi connectivity index (χ4v) is 21.0. The van der Waals surface area contributed by atoms with Gasteiger partial charge in [-0.2, -0.15) is 0 Å². The van der Waals surface area contributed by atoms with Gasteiger partial charge in [-0.15, -0.1) is 47.0 Å². The van der Waals surface area contributed by atoms with Crippen molar-refractivity contribution >= 4 is 145 Å². The van der Waals surface area contributed by atoms with E-state index < -0.39 is 5.97 Å². The number of nitrogens with one attached hydrogen (secondary N) is 5. The third kappa shape index (κ3) is 29.4. The minimum absolute atomic E-state index is 0. The smallest absolute Gasteiger partial charge is 0.337 e. The van der Waals surface area contributed by atoms with Crippen LogP contribution in [0.2, 0.25) is 0 Å². The summed E-state index contributed by atoms with van der Waals surface area (Å²) in [6, 6.07) is 35.6. The van der Waals surface area contributed by atoms with Crippen molar-refractivity contribution in [3.63, 3.8) is 0 Å². The molecule has 0 amide bonds. The number of ether oxygens (including phenoxy) is 4. The number of aliphatic imine (C=N–C) groups is 5. The van der Waals surface area contributed by atoms with Gasteiger partial charge in [-0.3, -0.25) is 53.7 Å². The lowest BCUT2D eigenvalue weighted by molar-refractivity contribution is -0.118. The number of allylic oxidation sites excluding steroid dienone is 10. The largest absolute Gasteiger partial charge is 0.497 e. The van der Waals surface area contributed by atoms with Gasteiger partial charge in [0.25, 0.3) is 0 Å². The Hall–Kier alpha value is -9.76. The summed E-state index contributed by atoms with van der Waals surface area (Å²) in [6.07, 6.45) is 11.7. The van der Waals surface area contributed by atoms with E-state index in [-0.39, 0.29) is 111 Å². The average Bonchev–Trinajstić information content (AvgIpc) is 0.804. The molecular weight excluding hydrogens is 1670 g/mol. The Kier molecular flexibility index (Phi) is 34.6. The van der Waals surface area contributed by atoms with E-state index in [9.17, 15) is 38.7 Å². The van der Waals surface area contributed by atoms with Gasteiger partial charge in [0.1, 0.15) is 47.2 Å². The molecule has 4 atom stereocenters. The lowest BCUT2D eigenvalue weighted by atomic mass is 9.78. The molecule has 4 heterocycles. The van der Waals surface area contributed by atoms with Crippen LogP contribution >= 0.6 is 47.0 Å². The summed E-state index contributed by atoms with van der Waals surface area (Å²) >= 11 is 6.88. The molecule has 22 nitrogen and oxygen atoms in total. The van der Waals surface area contributed by atoms with Crippen LogP contribution in [0.1, 0.15) is 223 Å². The molecule has 4 aliphatic heterocycles. The third-order valence-electron chi connectivity index (χ3n) is 22.3. The molecule has 26 heteroatoms. The van der Waals surface area contributed by atoms with E-state index in [0.29, 0.717) is 29.4 Å². The topological polar surface area (TPSA) is 299 Å². The third-order valence-corrected chi connectivity index (χ3v) is 27.3. The molecule has 127 heavy (non-hydrogen) atoms. The maximum atomic E-state index is 12.4. The summed E-state index contributed by atoms with van der Waals surface area (Å²) in [6.45, 7) is 36.8. The molecule has 0 spiro atoms. The van der Waals surface area contributed by atoms with E-state index in [2.05, 4.69) is 133 Å². The van der Waals surface area contributed by atoms with Crippen LogP contribution < -0.4 is 45.5 Å². The lowest BCUT2D eigenvalue weighted by Crippen LogP contribution is -2.33. The normalized spacial score (nSPS) is 21.1. The zero-order valence-electron chi connectivity index (χ0n) is 77.5. The van der Waals surface area contributed by atoms with Crippen LogP contribution in [0.3, 0.4) is 0 Å². The molecule has 0 saturated heterocycles. The molecule has 6 N–H and O–H groups in total. The van der Waals surface area contributed by atoms with Gasteiger partial charge in [0.15, 0.2) is 34.7 Å².